The maximum atomic E-state index is 12.6. The van der Waals surface area contributed by atoms with Gasteiger partial charge in [0.1, 0.15) is 6.04 Å². The number of furan rings is 1. The number of carbonyl (C=O) groups is 2. The molecule has 0 aliphatic rings. The molecule has 0 aliphatic carbocycles. The van der Waals surface area contributed by atoms with Gasteiger partial charge < -0.3 is 15.1 Å². The minimum atomic E-state index is -0.600. The second-order valence-corrected chi connectivity index (χ2v) is 6.61. The summed E-state index contributed by atoms with van der Waals surface area (Å²) in [6.45, 7) is 5.79. The molecule has 0 saturated carbocycles. The van der Waals surface area contributed by atoms with Crippen LogP contribution in [0.4, 0.5) is 0 Å². The fourth-order valence-electron chi connectivity index (χ4n) is 2.59. The minimum absolute atomic E-state index is 0.0227. The highest BCUT2D eigenvalue weighted by Crippen LogP contribution is 2.08. The molecule has 5 nitrogen and oxygen atoms in total. The van der Waals surface area contributed by atoms with Crippen LogP contribution in [-0.2, 0) is 11.2 Å². The predicted octanol–water partition coefficient (Wildman–Crippen LogP) is 3.17. The molecule has 0 aliphatic heterocycles. The zero-order valence-corrected chi connectivity index (χ0v) is 15.0. The van der Waals surface area contributed by atoms with Crippen molar-refractivity contribution in [2.45, 2.75) is 45.7 Å². The first-order valence-electron chi connectivity index (χ1n) is 8.66. The van der Waals surface area contributed by atoms with E-state index in [9.17, 15) is 9.59 Å². The van der Waals surface area contributed by atoms with Crippen LogP contribution in [0.15, 0.2) is 53.1 Å². The van der Waals surface area contributed by atoms with E-state index < -0.39 is 6.04 Å². The molecule has 25 heavy (non-hydrogen) atoms. The average molecular weight is 342 g/mol. The van der Waals surface area contributed by atoms with Crippen LogP contribution >= 0.6 is 0 Å². The Labute approximate surface area is 148 Å². The van der Waals surface area contributed by atoms with Gasteiger partial charge in [0.25, 0.3) is 5.91 Å². The molecule has 0 saturated heterocycles. The van der Waals surface area contributed by atoms with Crippen molar-refractivity contribution < 1.29 is 14.0 Å². The summed E-state index contributed by atoms with van der Waals surface area (Å²) in [6, 6.07) is 12.8. The van der Waals surface area contributed by atoms with Crippen LogP contribution in [0.5, 0.6) is 0 Å². The lowest BCUT2D eigenvalue weighted by Gasteiger charge is -2.23. The second kappa shape index (κ2) is 9.06. The van der Waals surface area contributed by atoms with Crippen molar-refractivity contribution in [3.8, 4) is 0 Å². The first kappa shape index (κ1) is 18.8. The van der Waals surface area contributed by atoms with E-state index in [1.165, 1.54) is 11.8 Å². The van der Waals surface area contributed by atoms with Gasteiger partial charge in [0.05, 0.1) is 6.26 Å². The summed E-state index contributed by atoms with van der Waals surface area (Å²) in [6.07, 6.45) is 3.17. The number of aryl methyl sites for hydroxylation is 1. The third-order valence-electron chi connectivity index (χ3n) is 4.08. The van der Waals surface area contributed by atoms with Gasteiger partial charge >= 0.3 is 0 Å². The lowest BCUT2D eigenvalue weighted by molar-refractivity contribution is -0.124. The molecule has 5 heteroatoms. The number of carbonyl (C=O) groups excluding carboxylic acids is 2. The molecule has 1 aromatic heterocycles. The fourth-order valence-corrected chi connectivity index (χ4v) is 2.59. The van der Waals surface area contributed by atoms with Crippen LogP contribution in [0.2, 0.25) is 0 Å². The SMILES string of the molecule is CC(CCc1ccccc1)NC(=O)C(NC(=O)c1ccco1)C(C)C. The molecule has 134 valence electrons. The van der Waals surface area contributed by atoms with Crippen LogP contribution in [0, 0.1) is 5.92 Å². The van der Waals surface area contributed by atoms with E-state index in [4.69, 9.17) is 4.42 Å². The standard InChI is InChI=1S/C20H26N2O3/c1-14(2)18(22-19(23)17-10-7-13-25-17)20(24)21-15(3)11-12-16-8-5-4-6-9-16/h4-10,13-15,18H,11-12H2,1-3H3,(H,21,24)(H,22,23). The highest BCUT2D eigenvalue weighted by molar-refractivity contribution is 5.95. The number of amides is 2. The number of nitrogens with one attached hydrogen (secondary N) is 2. The lowest BCUT2D eigenvalue weighted by atomic mass is 10.0. The van der Waals surface area contributed by atoms with Gasteiger partial charge in [-0.2, -0.15) is 0 Å². The van der Waals surface area contributed by atoms with Crippen molar-refractivity contribution in [3.63, 3.8) is 0 Å². The predicted molar refractivity (Wildman–Crippen MR) is 97.2 cm³/mol. The van der Waals surface area contributed by atoms with Crippen molar-refractivity contribution in [2.75, 3.05) is 0 Å². The van der Waals surface area contributed by atoms with E-state index in [1.807, 2.05) is 39.0 Å². The first-order valence-corrected chi connectivity index (χ1v) is 8.66. The van der Waals surface area contributed by atoms with Crippen LogP contribution in [0.3, 0.4) is 0 Å². The molecule has 2 atom stereocenters. The second-order valence-electron chi connectivity index (χ2n) is 6.61. The Kier molecular flexibility index (Phi) is 6.81. The molecule has 0 bridgehead atoms. The Bertz CT molecular complexity index is 666. The zero-order chi connectivity index (χ0) is 18.2. The number of benzene rings is 1. The Hall–Kier alpha value is -2.56. The minimum Gasteiger partial charge on any atom is -0.459 e. The van der Waals surface area contributed by atoms with Gasteiger partial charge in [0.15, 0.2) is 5.76 Å². The van der Waals surface area contributed by atoms with Gasteiger partial charge in [0.2, 0.25) is 5.91 Å². The van der Waals surface area contributed by atoms with E-state index in [1.54, 1.807) is 12.1 Å². The smallest absolute Gasteiger partial charge is 0.287 e. The van der Waals surface area contributed by atoms with E-state index >= 15 is 0 Å². The Morgan fingerprint density at radius 2 is 1.72 bits per heavy atom. The van der Waals surface area contributed by atoms with E-state index in [2.05, 4.69) is 22.8 Å². The van der Waals surface area contributed by atoms with Crippen LogP contribution in [0.1, 0.15) is 43.3 Å². The van der Waals surface area contributed by atoms with Crippen LogP contribution < -0.4 is 10.6 Å². The summed E-state index contributed by atoms with van der Waals surface area (Å²) in [5, 5.41) is 5.75. The van der Waals surface area contributed by atoms with Crippen molar-refractivity contribution in [1.29, 1.82) is 0 Å². The third-order valence-corrected chi connectivity index (χ3v) is 4.08. The normalized spacial score (nSPS) is 13.3. The summed E-state index contributed by atoms with van der Waals surface area (Å²) < 4.78 is 5.08. The summed E-state index contributed by atoms with van der Waals surface area (Å²) in [5.74, 6) is -0.373. The Balaban J connectivity index is 1.87. The molecule has 2 amide bonds. The maximum Gasteiger partial charge on any atom is 0.287 e. The van der Waals surface area contributed by atoms with Crippen LogP contribution in [0.25, 0.3) is 0 Å². The van der Waals surface area contributed by atoms with Crippen molar-refractivity contribution in [3.05, 3.63) is 60.1 Å². The third kappa shape index (κ3) is 5.78. The largest absolute Gasteiger partial charge is 0.459 e. The monoisotopic (exact) mass is 342 g/mol. The molecule has 1 aromatic carbocycles. The summed E-state index contributed by atoms with van der Waals surface area (Å²) in [7, 11) is 0. The fraction of sp³-hybridized carbons (Fsp3) is 0.400. The lowest BCUT2D eigenvalue weighted by Crippen LogP contribution is -2.51. The van der Waals surface area contributed by atoms with E-state index in [0.29, 0.717) is 0 Å². The van der Waals surface area contributed by atoms with Gasteiger partial charge in [0, 0.05) is 6.04 Å². The van der Waals surface area contributed by atoms with Gasteiger partial charge in [-0.05, 0) is 43.4 Å². The molecule has 2 unspecified atom stereocenters. The summed E-state index contributed by atoms with van der Waals surface area (Å²) in [5.41, 5.74) is 1.25. The highest BCUT2D eigenvalue weighted by Gasteiger charge is 2.26. The molecular weight excluding hydrogens is 316 g/mol. The molecule has 0 spiro atoms. The molecular formula is C20H26N2O3. The van der Waals surface area contributed by atoms with E-state index in [0.717, 1.165) is 12.8 Å². The van der Waals surface area contributed by atoms with Gasteiger partial charge in [-0.3, -0.25) is 9.59 Å². The highest BCUT2D eigenvalue weighted by atomic mass is 16.3. The summed E-state index contributed by atoms with van der Waals surface area (Å²) >= 11 is 0. The molecule has 2 rings (SSSR count). The Morgan fingerprint density at radius 3 is 2.32 bits per heavy atom. The maximum absolute atomic E-state index is 12.6. The van der Waals surface area contributed by atoms with Gasteiger partial charge in [-0.1, -0.05) is 44.2 Å². The van der Waals surface area contributed by atoms with Crippen LogP contribution in [-0.4, -0.2) is 23.9 Å². The van der Waals surface area contributed by atoms with Crippen molar-refractivity contribution in [1.82, 2.24) is 10.6 Å². The number of hydrogen-bond donors (Lipinski definition) is 2. The topological polar surface area (TPSA) is 71.3 Å². The quantitative estimate of drug-likeness (QED) is 0.774. The van der Waals surface area contributed by atoms with Gasteiger partial charge in [-0.15, -0.1) is 0 Å². The number of rotatable bonds is 8. The number of hydrogen-bond acceptors (Lipinski definition) is 3. The molecule has 0 radical (unpaired) electrons. The molecule has 2 N–H and O–H groups in total. The molecule has 2 aromatic rings. The zero-order valence-electron chi connectivity index (χ0n) is 15.0. The van der Waals surface area contributed by atoms with Gasteiger partial charge in [-0.25, -0.2) is 0 Å². The van der Waals surface area contributed by atoms with E-state index in [-0.39, 0.29) is 29.5 Å². The first-order chi connectivity index (χ1) is 12.0. The van der Waals surface area contributed by atoms with Crippen molar-refractivity contribution in [2.24, 2.45) is 5.92 Å². The molecule has 0 fully saturated rings. The van der Waals surface area contributed by atoms with Crippen molar-refractivity contribution >= 4 is 11.8 Å². The average Bonchev–Trinajstić information content (AvgIpc) is 3.13. The summed E-state index contributed by atoms with van der Waals surface area (Å²) in [4.78, 5) is 24.7. The molecule has 1 heterocycles. The Morgan fingerprint density at radius 1 is 1.00 bits per heavy atom.